The van der Waals surface area contributed by atoms with Crippen molar-refractivity contribution >= 4 is 5.91 Å². The van der Waals surface area contributed by atoms with Crippen molar-refractivity contribution in [2.75, 3.05) is 7.11 Å². The second-order valence-electron chi connectivity index (χ2n) is 5.45. The van der Waals surface area contributed by atoms with Gasteiger partial charge in [-0.25, -0.2) is 4.39 Å². The number of amides is 1. The fourth-order valence-electron chi connectivity index (χ4n) is 2.29. The molecule has 2 rings (SSSR count). The summed E-state index contributed by atoms with van der Waals surface area (Å²) in [7, 11) is 1.37. The second kappa shape index (κ2) is 7.59. The lowest BCUT2D eigenvalue weighted by atomic mass is 10.1. The van der Waals surface area contributed by atoms with Crippen molar-refractivity contribution in [1.82, 2.24) is 10.3 Å². The lowest BCUT2D eigenvalue weighted by molar-refractivity contribution is -0.274. The number of carbonyl (C=O) groups excluding carboxylic acids is 1. The van der Waals surface area contributed by atoms with Crippen LogP contribution in [0.4, 0.5) is 17.6 Å². The molecule has 2 aromatic rings. The van der Waals surface area contributed by atoms with E-state index in [1.807, 2.05) is 0 Å². The summed E-state index contributed by atoms with van der Waals surface area (Å²) in [6, 6.07) is 3.16. The van der Waals surface area contributed by atoms with Gasteiger partial charge in [0.25, 0.3) is 5.91 Å². The largest absolute Gasteiger partial charge is 0.573 e. The Labute approximate surface area is 146 Å². The SMILES string of the molecule is COc1cnc(C)cc1C(=O)N[C@H](C)c1cc(OC(F)(F)F)ccc1F. The molecule has 1 aromatic carbocycles. The molecule has 0 aliphatic heterocycles. The zero-order valence-electron chi connectivity index (χ0n) is 14.1. The van der Waals surface area contributed by atoms with Gasteiger partial charge in [0.05, 0.1) is 24.9 Å². The number of methoxy groups -OCH3 is 1. The van der Waals surface area contributed by atoms with Gasteiger partial charge in [-0.3, -0.25) is 9.78 Å². The minimum atomic E-state index is -4.90. The molecule has 9 heteroatoms. The van der Waals surface area contributed by atoms with E-state index in [0.717, 1.165) is 18.2 Å². The van der Waals surface area contributed by atoms with E-state index in [1.165, 1.54) is 26.3 Å². The first-order valence-electron chi connectivity index (χ1n) is 7.47. The van der Waals surface area contributed by atoms with Crippen molar-refractivity contribution in [1.29, 1.82) is 0 Å². The number of carbonyl (C=O) groups is 1. The Kier molecular flexibility index (Phi) is 5.69. The molecule has 0 spiro atoms. The molecular weight excluding hydrogens is 356 g/mol. The van der Waals surface area contributed by atoms with E-state index in [0.29, 0.717) is 5.69 Å². The fraction of sp³-hybridized carbons (Fsp3) is 0.294. The number of ether oxygens (including phenoxy) is 2. The third kappa shape index (κ3) is 4.84. The van der Waals surface area contributed by atoms with Crippen LogP contribution in [0.5, 0.6) is 11.5 Å². The zero-order chi connectivity index (χ0) is 19.5. The number of aromatic nitrogens is 1. The highest BCUT2D eigenvalue weighted by Crippen LogP contribution is 2.28. The summed E-state index contributed by atoms with van der Waals surface area (Å²) < 4.78 is 59.8. The summed E-state index contributed by atoms with van der Waals surface area (Å²) >= 11 is 0. The molecule has 0 unspecified atom stereocenters. The Balaban J connectivity index is 2.24. The van der Waals surface area contributed by atoms with E-state index in [9.17, 15) is 22.4 Å². The molecule has 0 bridgehead atoms. The lowest BCUT2D eigenvalue weighted by Gasteiger charge is -2.18. The topological polar surface area (TPSA) is 60.5 Å². The van der Waals surface area contributed by atoms with Gasteiger partial charge in [-0.2, -0.15) is 0 Å². The van der Waals surface area contributed by atoms with Crippen LogP contribution in [0.15, 0.2) is 30.5 Å². The van der Waals surface area contributed by atoms with Crippen molar-refractivity contribution in [3.8, 4) is 11.5 Å². The number of rotatable bonds is 5. The van der Waals surface area contributed by atoms with Crippen LogP contribution >= 0.6 is 0 Å². The Morgan fingerprint density at radius 2 is 1.96 bits per heavy atom. The van der Waals surface area contributed by atoms with Crippen molar-refractivity contribution in [3.63, 3.8) is 0 Å². The van der Waals surface area contributed by atoms with Crippen LogP contribution in [-0.2, 0) is 0 Å². The molecular formula is C17H16F4N2O3. The number of alkyl halides is 3. The standard InChI is InChI=1S/C17H16F4N2O3/c1-9-6-13(15(25-3)8-22-9)16(24)23-10(2)12-7-11(4-5-14(12)18)26-17(19,20)21/h4-8,10H,1-3H3,(H,23,24)/t10-/m1/s1. The predicted molar refractivity (Wildman–Crippen MR) is 84.5 cm³/mol. The molecule has 1 heterocycles. The smallest absolute Gasteiger partial charge is 0.494 e. The zero-order valence-corrected chi connectivity index (χ0v) is 14.1. The van der Waals surface area contributed by atoms with E-state index in [2.05, 4.69) is 15.0 Å². The summed E-state index contributed by atoms with van der Waals surface area (Å²) in [6.07, 6.45) is -3.53. The van der Waals surface area contributed by atoms with Gasteiger partial charge in [-0.05, 0) is 38.1 Å². The lowest BCUT2D eigenvalue weighted by Crippen LogP contribution is -2.28. The Morgan fingerprint density at radius 3 is 2.58 bits per heavy atom. The van der Waals surface area contributed by atoms with Gasteiger partial charge in [-0.15, -0.1) is 13.2 Å². The molecule has 1 amide bonds. The predicted octanol–water partition coefficient (Wildman–Crippen LogP) is 3.93. The minimum Gasteiger partial charge on any atom is -0.494 e. The van der Waals surface area contributed by atoms with Crippen LogP contribution in [0.25, 0.3) is 0 Å². The molecule has 26 heavy (non-hydrogen) atoms. The number of nitrogens with one attached hydrogen (secondary N) is 1. The summed E-state index contributed by atoms with van der Waals surface area (Å²) in [5.41, 5.74) is 0.593. The normalized spacial score (nSPS) is 12.4. The maximum absolute atomic E-state index is 14.0. The molecule has 1 atom stereocenters. The molecule has 140 valence electrons. The number of halogens is 4. The number of hydrogen-bond donors (Lipinski definition) is 1. The van der Waals surface area contributed by atoms with Crippen molar-refractivity contribution in [3.05, 3.63) is 53.1 Å². The van der Waals surface area contributed by atoms with Crippen LogP contribution in [0, 0.1) is 12.7 Å². The van der Waals surface area contributed by atoms with Gasteiger partial charge in [0.1, 0.15) is 17.3 Å². The molecule has 0 fully saturated rings. The number of benzene rings is 1. The summed E-state index contributed by atoms with van der Waals surface area (Å²) in [5.74, 6) is -1.71. The highest BCUT2D eigenvalue weighted by Gasteiger charge is 2.31. The van der Waals surface area contributed by atoms with Crippen molar-refractivity contribution in [2.45, 2.75) is 26.3 Å². The Morgan fingerprint density at radius 1 is 1.27 bits per heavy atom. The third-order valence-corrected chi connectivity index (χ3v) is 3.48. The average molecular weight is 372 g/mol. The quantitative estimate of drug-likeness (QED) is 0.808. The number of aryl methyl sites for hydroxylation is 1. The maximum Gasteiger partial charge on any atom is 0.573 e. The van der Waals surface area contributed by atoms with Gasteiger partial charge in [0.2, 0.25) is 0 Å². The second-order valence-corrected chi connectivity index (χ2v) is 5.45. The molecule has 1 aromatic heterocycles. The first-order valence-corrected chi connectivity index (χ1v) is 7.47. The molecule has 1 N–H and O–H groups in total. The molecule has 5 nitrogen and oxygen atoms in total. The van der Waals surface area contributed by atoms with E-state index in [-0.39, 0.29) is 16.9 Å². The van der Waals surface area contributed by atoms with Crippen LogP contribution in [0.3, 0.4) is 0 Å². The van der Waals surface area contributed by atoms with Crippen molar-refractivity contribution < 1.29 is 31.8 Å². The minimum absolute atomic E-state index is 0.148. The summed E-state index contributed by atoms with van der Waals surface area (Å²) in [5, 5.41) is 2.52. The molecule has 0 aliphatic carbocycles. The maximum atomic E-state index is 14.0. The number of nitrogens with zero attached hydrogens (tertiary/aromatic N) is 1. The van der Waals surface area contributed by atoms with Crippen LogP contribution in [-0.4, -0.2) is 24.4 Å². The van der Waals surface area contributed by atoms with Gasteiger partial charge in [-0.1, -0.05) is 0 Å². The van der Waals surface area contributed by atoms with E-state index < -0.39 is 29.9 Å². The van der Waals surface area contributed by atoms with Gasteiger partial charge in [0.15, 0.2) is 0 Å². The van der Waals surface area contributed by atoms with Gasteiger partial charge in [0, 0.05) is 11.3 Å². The molecule has 0 saturated heterocycles. The van der Waals surface area contributed by atoms with Gasteiger partial charge >= 0.3 is 6.36 Å². The molecule has 0 aliphatic rings. The highest BCUT2D eigenvalue weighted by molar-refractivity contribution is 5.97. The van der Waals surface area contributed by atoms with Crippen LogP contribution < -0.4 is 14.8 Å². The number of pyridine rings is 1. The fourth-order valence-corrected chi connectivity index (χ4v) is 2.29. The Hall–Kier alpha value is -2.84. The van der Waals surface area contributed by atoms with Crippen LogP contribution in [0.1, 0.15) is 34.6 Å². The first-order chi connectivity index (χ1) is 12.1. The van der Waals surface area contributed by atoms with Crippen molar-refractivity contribution in [2.24, 2.45) is 0 Å². The average Bonchev–Trinajstić information content (AvgIpc) is 2.55. The monoisotopic (exact) mass is 372 g/mol. The number of hydrogen-bond acceptors (Lipinski definition) is 4. The van der Waals surface area contributed by atoms with E-state index in [1.54, 1.807) is 6.92 Å². The molecule has 0 radical (unpaired) electrons. The molecule has 0 saturated carbocycles. The van der Waals surface area contributed by atoms with Gasteiger partial charge < -0.3 is 14.8 Å². The van der Waals surface area contributed by atoms with E-state index in [4.69, 9.17) is 4.74 Å². The summed E-state index contributed by atoms with van der Waals surface area (Å²) in [6.45, 7) is 3.12. The Bertz CT molecular complexity index is 809. The van der Waals surface area contributed by atoms with Crippen LogP contribution in [0.2, 0.25) is 0 Å². The summed E-state index contributed by atoms with van der Waals surface area (Å²) in [4.78, 5) is 16.4. The first kappa shape index (κ1) is 19.5. The third-order valence-electron chi connectivity index (χ3n) is 3.48. The highest BCUT2D eigenvalue weighted by atomic mass is 19.4. The van der Waals surface area contributed by atoms with E-state index >= 15 is 0 Å².